The summed E-state index contributed by atoms with van der Waals surface area (Å²) in [6.07, 6.45) is 3.39. The van der Waals surface area contributed by atoms with Crippen LogP contribution < -0.4 is 5.43 Å². The van der Waals surface area contributed by atoms with Crippen LogP contribution in [0.5, 0.6) is 5.75 Å². The van der Waals surface area contributed by atoms with Gasteiger partial charge in [-0.15, -0.1) is 0 Å². The van der Waals surface area contributed by atoms with E-state index in [-0.39, 0.29) is 11.3 Å². The van der Waals surface area contributed by atoms with Crippen molar-refractivity contribution in [1.29, 1.82) is 0 Å². The lowest BCUT2D eigenvalue weighted by Gasteiger charge is -2.05. The number of aromatic hydroxyl groups is 1. The summed E-state index contributed by atoms with van der Waals surface area (Å²) in [6, 6.07) is 16.6. The Morgan fingerprint density at radius 3 is 2.69 bits per heavy atom. The first-order chi connectivity index (χ1) is 12.6. The van der Waals surface area contributed by atoms with Crippen LogP contribution in [0.25, 0.3) is 21.7 Å². The Hall–Kier alpha value is -3.12. The molecule has 0 aliphatic carbocycles. The second kappa shape index (κ2) is 6.65. The summed E-state index contributed by atoms with van der Waals surface area (Å²) in [7, 11) is 0. The number of carbonyl (C=O) groups is 1. The SMILES string of the molecule is O=C(N/N=C/c1c[nH]c2ccc(Br)cc12)c1cc2ccccc2cc1O. The molecule has 0 saturated carbocycles. The quantitative estimate of drug-likeness (QED) is 0.344. The Morgan fingerprint density at radius 2 is 1.88 bits per heavy atom. The van der Waals surface area contributed by atoms with Gasteiger partial charge in [0.2, 0.25) is 0 Å². The van der Waals surface area contributed by atoms with Crippen LogP contribution in [0.2, 0.25) is 0 Å². The number of aromatic nitrogens is 1. The van der Waals surface area contributed by atoms with E-state index in [1.54, 1.807) is 18.3 Å². The molecule has 128 valence electrons. The fourth-order valence-corrected chi connectivity index (χ4v) is 3.21. The van der Waals surface area contributed by atoms with Crippen molar-refractivity contribution in [3.05, 3.63) is 76.4 Å². The zero-order valence-electron chi connectivity index (χ0n) is 13.5. The molecule has 4 aromatic rings. The first kappa shape index (κ1) is 16.4. The van der Waals surface area contributed by atoms with Crippen LogP contribution >= 0.6 is 15.9 Å². The van der Waals surface area contributed by atoms with E-state index >= 15 is 0 Å². The minimum absolute atomic E-state index is 0.0765. The number of aromatic amines is 1. The highest BCUT2D eigenvalue weighted by Gasteiger charge is 2.12. The molecule has 1 aromatic heterocycles. The predicted molar refractivity (Wildman–Crippen MR) is 107 cm³/mol. The van der Waals surface area contributed by atoms with Gasteiger partial charge in [0.1, 0.15) is 5.75 Å². The summed E-state index contributed by atoms with van der Waals surface area (Å²) < 4.78 is 0.962. The van der Waals surface area contributed by atoms with Crippen molar-refractivity contribution in [2.24, 2.45) is 5.10 Å². The first-order valence-corrected chi connectivity index (χ1v) is 8.73. The highest BCUT2D eigenvalue weighted by atomic mass is 79.9. The van der Waals surface area contributed by atoms with Crippen molar-refractivity contribution in [3.63, 3.8) is 0 Å². The molecule has 3 N–H and O–H groups in total. The molecule has 0 spiro atoms. The number of hydrogen-bond donors (Lipinski definition) is 3. The maximum absolute atomic E-state index is 12.4. The number of hydrogen-bond acceptors (Lipinski definition) is 3. The molecule has 4 rings (SSSR count). The second-order valence-corrected chi connectivity index (χ2v) is 6.77. The van der Waals surface area contributed by atoms with Crippen LogP contribution in [0.15, 0.2) is 70.4 Å². The van der Waals surface area contributed by atoms with Crippen molar-refractivity contribution in [1.82, 2.24) is 10.4 Å². The number of phenolic OH excluding ortho intramolecular Hbond substituents is 1. The summed E-state index contributed by atoms with van der Waals surface area (Å²) in [5, 5.41) is 16.9. The van der Waals surface area contributed by atoms with E-state index in [0.717, 1.165) is 31.7 Å². The third kappa shape index (κ3) is 3.07. The van der Waals surface area contributed by atoms with E-state index in [1.807, 2.05) is 48.7 Å². The highest BCUT2D eigenvalue weighted by molar-refractivity contribution is 9.10. The molecule has 6 heteroatoms. The predicted octanol–water partition coefficient (Wildman–Crippen LogP) is 4.55. The van der Waals surface area contributed by atoms with Crippen LogP contribution in [-0.4, -0.2) is 22.2 Å². The summed E-state index contributed by atoms with van der Waals surface area (Å²) in [4.78, 5) is 15.5. The number of fused-ring (bicyclic) bond motifs is 2. The van der Waals surface area contributed by atoms with Crippen LogP contribution in [-0.2, 0) is 0 Å². The van der Waals surface area contributed by atoms with Crippen LogP contribution in [0, 0.1) is 0 Å². The van der Waals surface area contributed by atoms with Crippen molar-refractivity contribution in [2.45, 2.75) is 0 Å². The zero-order valence-corrected chi connectivity index (χ0v) is 15.1. The number of nitrogens with one attached hydrogen (secondary N) is 2. The number of benzene rings is 3. The topological polar surface area (TPSA) is 77.5 Å². The number of halogens is 1. The molecule has 0 bridgehead atoms. The third-order valence-electron chi connectivity index (χ3n) is 4.15. The monoisotopic (exact) mass is 407 g/mol. The molecule has 1 heterocycles. The molecular formula is C20H14BrN3O2. The van der Waals surface area contributed by atoms with E-state index in [0.29, 0.717) is 0 Å². The molecule has 0 saturated heterocycles. The van der Waals surface area contributed by atoms with E-state index in [2.05, 4.69) is 31.4 Å². The third-order valence-corrected chi connectivity index (χ3v) is 4.65. The number of amides is 1. The molecule has 3 aromatic carbocycles. The van der Waals surface area contributed by atoms with Gasteiger partial charge >= 0.3 is 0 Å². The smallest absolute Gasteiger partial charge is 0.275 e. The lowest BCUT2D eigenvalue weighted by molar-refractivity contribution is 0.0952. The van der Waals surface area contributed by atoms with Gasteiger partial charge in [-0.25, -0.2) is 5.43 Å². The molecular weight excluding hydrogens is 394 g/mol. The Balaban J connectivity index is 1.57. The highest BCUT2D eigenvalue weighted by Crippen LogP contribution is 2.25. The minimum atomic E-state index is -0.467. The van der Waals surface area contributed by atoms with Gasteiger partial charge in [-0.3, -0.25) is 4.79 Å². The lowest BCUT2D eigenvalue weighted by Crippen LogP contribution is -2.17. The van der Waals surface area contributed by atoms with Crippen molar-refractivity contribution < 1.29 is 9.90 Å². The molecule has 0 radical (unpaired) electrons. The van der Waals surface area contributed by atoms with Gasteiger partial charge in [0.15, 0.2) is 0 Å². The fourth-order valence-electron chi connectivity index (χ4n) is 2.85. The summed E-state index contributed by atoms with van der Waals surface area (Å²) in [5.41, 5.74) is 4.48. The van der Waals surface area contributed by atoms with Gasteiger partial charge in [0.25, 0.3) is 5.91 Å². The average Bonchev–Trinajstić information content (AvgIpc) is 3.03. The fraction of sp³-hybridized carbons (Fsp3) is 0. The Morgan fingerprint density at radius 1 is 1.12 bits per heavy atom. The minimum Gasteiger partial charge on any atom is -0.507 e. The summed E-state index contributed by atoms with van der Waals surface area (Å²) in [5.74, 6) is -0.544. The van der Waals surface area contributed by atoms with Crippen molar-refractivity contribution >= 4 is 49.7 Å². The van der Waals surface area contributed by atoms with Crippen LogP contribution in [0.1, 0.15) is 15.9 Å². The largest absolute Gasteiger partial charge is 0.507 e. The number of H-pyrrole nitrogens is 1. The molecule has 0 fully saturated rings. The molecule has 26 heavy (non-hydrogen) atoms. The first-order valence-electron chi connectivity index (χ1n) is 7.93. The van der Waals surface area contributed by atoms with Crippen molar-refractivity contribution in [2.75, 3.05) is 0 Å². The van der Waals surface area contributed by atoms with E-state index in [9.17, 15) is 9.90 Å². The Bertz CT molecular complexity index is 1160. The van der Waals surface area contributed by atoms with E-state index < -0.39 is 5.91 Å². The van der Waals surface area contributed by atoms with Gasteiger partial charge in [-0.1, -0.05) is 40.2 Å². The van der Waals surface area contributed by atoms with Crippen LogP contribution in [0.3, 0.4) is 0 Å². The summed E-state index contributed by atoms with van der Waals surface area (Å²) >= 11 is 3.45. The molecule has 1 amide bonds. The maximum atomic E-state index is 12.4. The normalized spacial score (nSPS) is 11.4. The molecule has 0 aliphatic rings. The number of hydrazone groups is 1. The number of phenols is 1. The maximum Gasteiger partial charge on any atom is 0.275 e. The number of rotatable bonds is 3. The van der Waals surface area contributed by atoms with Gasteiger partial charge in [0, 0.05) is 27.1 Å². The number of nitrogens with zero attached hydrogens (tertiary/aromatic N) is 1. The zero-order chi connectivity index (χ0) is 18.1. The standard InChI is InChI=1S/C20H14BrN3O2/c21-15-5-6-18-16(9-15)14(10-22-18)11-23-24-20(26)17-7-12-3-1-2-4-13(12)8-19(17)25/h1-11,22,25H,(H,24,26)/b23-11+. The summed E-state index contributed by atoms with van der Waals surface area (Å²) in [6.45, 7) is 0. The molecule has 5 nitrogen and oxygen atoms in total. The Labute approximate surface area is 157 Å². The van der Waals surface area contributed by atoms with E-state index in [4.69, 9.17) is 0 Å². The Kier molecular flexibility index (Phi) is 4.18. The van der Waals surface area contributed by atoms with Gasteiger partial charge in [-0.2, -0.15) is 5.10 Å². The van der Waals surface area contributed by atoms with E-state index in [1.165, 1.54) is 0 Å². The average molecular weight is 408 g/mol. The molecule has 0 unspecified atom stereocenters. The lowest BCUT2D eigenvalue weighted by atomic mass is 10.1. The van der Waals surface area contributed by atoms with Crippen molar-refractivity contribution in [3.8, 4) is 5.75 Å². The van der Waals surface area contributed by atoms with Gasteiger partial charge < -0.3 is 10.1 Å². The van der Waals surface area contributed by atoms with Gasteiger partial charge in [0.05, 0.1) is 11.8 Å². The van der Waals surface area contributed by atoms with Crippen LogP contribution in [0.4, 0.5) is 0 Å². The molecule has 0 atom stereocenters. The second-order valence-electron chi connectivity index (χ2n) is 5.85. The van der Waals surface area contributed by atoms with Gasteiger partial charge in [-0.05, 0) is 41.1 Å². The molecule has 0 aliphatic heterocycles. The number of carbonyl (C=O) groups excluding carboxylic acids is 1.